The summed E-state index contributed by atoms with van der Waals surface area (Å²) in [4.78, 5) is 2.30. The quantitative estimate of drug-likeness (QED) is 0.489. The van der Waals surface area contributed by atoms with Gasteiger partial charge in [0.1, 0.15) is 0 Å². The lowest BCUT2D eigenvalue weighted by molar-refractivity contribution is 0.264. The van der Waals surface area contributed by atoms with Crippen LogP contribution < -0.4 is 11.1 Å². The Labute approximate surface area is 99.4 Å². The average Bonchev–Trinajstić information content (AvgIpc) is 2.72. The normalized spacial score (nSPS) is 19.6. The van der Waals surface area contributed by atoms with Crippen LogP contribution in [-0.2, 0) is 0 Å². The predicted octanol–water partition coefficient (Wildman–Crippen LogP) is 2.17. The van der Waals surface area contributed by atoms with Crippen molar-refractivity contribution >= 4 is 0 Å². The number of hydrogen-bond acceptors (Lipinski definition) is 3. The lowest BCUT2D eigenvalue weighted by Gasteiger charge is -2.24. The van der Waals surface area contributed by atoms with Gasteiger partial charge in [-0.2, -0.15) is 0 Å². The van der Waals surface area contributed by atoms with E-state index in [4.69, 9.17) is 5.73 Å². The first-order chi connectivity index (χ1) is 7.88. The Morgan fingerprint density at radius 1 is 1.38 bits per heavy atom. The molecule has 3 heteroatoms. The van der Waals surface area contributed by atoms with Crippen molar-refractivity contribution in [3.8, 4) is 0 Å². The van der Waals surface area contributed by atoms with Gasteiger partial charge < -0.3 is 16.0 Å². The van der Waals surface area contributed by atoms with Crippen LogP contribution in [0.1, 0.15) is 39.0 Å². The first kappa shape index (κ1) is 13.1. The van der Waals surface area contributed by atoms with Gasteiger partial charge in [-0.3, -0.25) is 0 Å². The van der Waals surface area contributed by atoms with Gasteiger partial charge in [-0.25, -0.2) is 0 Å². The van der Waals surface area contributed by atoms with E-state index in [1.807, 2.05) is 6.20 Å². The lowest BCUT2D eigenvalue weighted by Crippen LogP contribution is -2.37. The monoisotopic (exact) mass is 223 g/mol. The smallest absolute Gasteiger partial charge is 0.0981 e. The van der Waals surface area contributed by atoms with E-state index < -0.39 is 0 Å². The molecule has 0 amide bonds. The summed E-state index contributed by atoms with van der Waals surface area (Å²) in [5.41, 5.74) is 5.57. The molecule has 1 aliphatic heterocycles. The van der Waals surface area contributed by atoms with Crippen LogP contribution in [0.25, 0.3) is 0 Å². The van der Waals surface area contributed by atoms with Crippen molar-refractivity contribution in [3.63, 3.8) is 0 Å². The molecule has 1 aliphatic rings. The minimum Gasteiger partial charge on any atom is -0.370 e. The van der Waals surface area contributed by atoms with E-state index in [2.05, 4.69) is 35.5 Å². The molecule has 0 aromatic carbocycles. The zero-order chi connectivity index (χ0) is 11.6. The number of rotatable bonds is 8. The van der Waals surface area contributed by atoms with Crippen LogP contribution in [0.5, 0.6) is 0 Å². The number of unbranched alkanes of at least 4 members (excludes halogenated alkanes) is 3. The van der Waals surface area contributed by atoms with E-state index in [0.717, 1.165) is 13.1 Å². The molecule has 0 fully saturated rings. The fourth-order valence-electron chi connectivity index (χ4n) is 2.02. The van der Waals surface area contributed by atoms with Crippen molar-refractivity contribution in [1.29, 1.82) is 0 Å². The molecular weight excluding hydrogens is 198 g/mol. The van der Waals surface area contributed by atoms with Crippen molar-refractivity contribution in [2.45, 2.75) is 45.2 Å². The van der Waals surface area contributed by atoms with Gasteiger partial charge in [0.25, 0.3) is 0 Å². The largest absolute Gasteiger partial charge is 0.370 e. The van der Waals surface area contributed by atoms with Crippen molar-refractivity contribution in [1.82, 2.24) is 10.2 Å². The average molecular weight is 223 g/mol. The van der Waals surface area contributed by atoms with Crippen LogP contribution >= 0.6 is 0 Å². The van der Waals surface area contributed by atoms with E-state index >= 15 is 0 Å². The maximum absolute atomic E-state index is 5.57. The molecule has 1 rings (SSSR count). The summed E-state index contributed by atoms with van der Waals surface area (Å²) >= 11 is 0. The Morgan fingerprint density at radius 3 is 3.00 bits per heavy atom. The molecule has 1 atom stereocenters. The van der Waals surface area contributed by atoms with Crippen molar-refractivity contribution in [2.75, 3.05) is 13.1 Å². The minimum atomic E-state index is 0.477. The summed E-state index contributed by atoms with van der Waals surface area (Å²) in [7, 11) is 0. The number of hydrogen-bond donors (Lipinski definition) is 2. The fraction of sp³-hybridized carbons (Fsp3) is 0.692. The first-order valence-electron chi connectivity index (χ1n) is 6.38. The van der Waals surface area contributed by atoms with Gasteiger partial charge in [-0.15, -0.1) is 0 Å². The van der Waals surface area contributed by atoms with Crippen molar-refractivity contribution in [3.05, 3.63) is 24.6 Å². The third kappa shape index (κ3) is 4.71. The maximum Gasteiger partial charge on any atom is 0.0981 e. The standard InChI is InChI=1S/C13H25N3/c1-2-3-4-5-6-7-8-13-15-10-12-16(13)11-9-14/h2-3,10,12-13,15H,4-9,11,14H2,1H3/b3-2+. The molecular formula is C13H25N3. The van der Waals surface area contributed by atoms with E-state index in [1.54, 1.807) is 0 Å². The van der Waals surface area contributed by atoms with Crippen LogP contribution in [0, 0.1) is 0 Å². The molecule has 3 nitrogen and oxygen atoms in total. The Balaban J connectivity index is 2.04. The summed E-state index contributed by atoms with van der Waals surface area (Å²) in [5.74, 6) is 0. The van der Waals surface area contributed by atoms with E-state index in [-0.39, 0.29) is 0 Å². The van der Waals surface area contributed by atoms with Gasteiger partial charge in [-0.05, 0) is 32.6 Å². The van der Waals surface area contributed by atoms with Crippen LogP contribution in [-0.4, -0.2) is 24.2 Å². The zero-order valence-electron chi connectivity index (χ0n) is 10.4. The fourth-order valence-corrected chi connectivity index (χ4v) is 2.02. The number of nitrogens with zero attached hydrogens (tertiary/aromatic N) is 1. The highest BCUT2D eigenvalue weighted by Crippen LogP contribution is 2.12. The second kappa shape index (κ2) is 8.22. The molecule has 16 heavy (non-hydrogen) atoms. The Kier molecular flexibility index (Phi) is 6.74. The van der Waals surface area contributed by atoms with E-state index in [1.165, 1.54) is 32.1 Å². The van der Waals surface area contributed by atoms with Crippen LogP contribution in [0.4, 0.5) is 0 Å². The Hall–Kier alpha value is -0.960. The number of allylic oxidation sites excluding steroid dienone is 2. The van der Waals surface area contributed by atoms with Gasteiger partial charge in [0.2, 0.25) is 0 Å². The topological polar surface area (TPSA) is 41.3 Å². The van der Waals surface area contributed by atoms with Crippen LogP contribution in [0.2, 0.25) is 0 Å². The van der Waals surface area contributed by atoms with Crippen LogP contribution in [0.3, 0.4) is 0 Å². The highest BCUT2D eigenvalue weighted by Gasteiger charge is 2.16. The van der Waals surface area contributed by atoms with Gasteiger partial charge in [0, 0.05) is 25.5 Å². The Bertz CT molecular complexity index is 223. The van der Waals surface area contributed by atoms with Gasteiger partial charge >= 0.3 is 0 Å². The second-order valence-electron chi connectivity index (χ2n) is 4.23. The molecule has 0 aromatic rings. The SMILES string of the molecule is C/C=C/CCCCCC1NC=CN1CCN. The lowest BCUT2D eigenvalue weighted by atomic mass is 10.1. The molecule has 92 valence electrons. The summed E-state index contributed by atoms with van der Waals surface area (Å²) in [6.45, 7) is 3.76. The van der Waals surface area contributed by atoms with E-state index in [9.17, 15) is 0 Å². The summed E-state index contributed by atoms with van der Waals surface area (Å²) in [5, 5.41) is 3.37. The molecule has 3 N–H and O–H groups in total. The second-order valence-corrected chi connectivity index (χ2v) is 4.23. The summed E-state index contributed by atoms with van der Waals surface area (Å²) in [6, 6.07) is 0. The molecule has 0 saturated heterocycles. The highest BCUT2D eigenvalue weighted by molar-refractivity contribution is 4.94. The predicted molar refractivity (Wildman–Crippen MR) is 69.7 cm³/mol. The van der Waals surface area contributed by atoms with Crippen LogP contribution in [0.15, 0.2) is 24.6 Å². The maximum atomic E-state index is 5.57. The van der Waals surface area contributed by atoms with Gasteiger partial charge in [0.05, 0.1) is 6.17 Å². The molecule has 0 radical (unpaired) electrons. The Morgan fingerprint density at radius 2 is 2.25 bits per heavy atom. The molecule has 0 aliphatic carbocycles. The molecule has 0 aromatic heterocycles. The first-order valence-corrected chi connectivity index (χ1v) is 6.38. The molecule has 0 spiro atoms. The highest BCUT2D eigenvalue weighted by atomic mass is 15.3. The third-order valence-electron chi connectivity index (χ3n) is 2.93. The minimum absolute atomic E-state index is 0.477. The van der Waals surface area contributed by atoms with E-state index in [0.29, 0.717) is 6.17 Å². The molecule has 1 heterocycles. The zero-order valence-corrected chi connectivity index (χ0v) is 10.4. The number of nitrogens with two attached hydrogens (primary N) is 1. The van der Waals surface area contributed by atoms with Crippen molar-refractivity contribution < 1.29 is 0 Å². The van der Waals surface area contributed by atoms with Gasteiger partial charge in [0.15, 0.2) is 0 Å². The number of nitrogens with one attached hydrogen (secondary N) is 1. The third-order valence-corrected chi connectivity index (χ3v) is 2.93. The summed E-state index contributed by atoms with van der Waals surface area (Å²) < 4.78 is 0. The van der Waals surface area contributed by atoms with Crippen molar-refractivity contribution in [2.24, 2.45) is 5.73 Å². The molecule has 0 saturated carbocycles. The summed E-state index contributed by atoms with van der Waals surface area (Å²) in [6.07, 6.45) is 15.3. The molecule has 1 unspecified atom stereocenters. The molecule has 0 bridgehead atoms. The van der Waals surface area contributed by atoms with Gasteiger partial charge in [-0.1, -0.05) is 18.6 Å².